The van der Waals surface area contributed by atoms with Crippen LogP contribution in [0, 0.1) is 23.2 Å². The van der Waals surface area contributed by atoms with E-state index in [0.717, 1.165) is 63.5 Å². The van der Waals surface area contributed by atoms with Crippen LogP contribution in [0.1, 0.15) is 62.1 Å². The maximum absolute atomic E-state index is 12.2. The number of carbonyl (C=O) groups excluding carboxylic acids is 1. The van der Waals surface area contributed by atoms with Crippen molar-refractivity contribution in [1.29, 1.82) is 0 Å². The molecule has 4 bridgehead atoms. The highest BCUT2D eigenvalue weighted by Crippen LogP contribution is 2.61. The summed E-state index contributed by atoms with van der Waals surface area (Å²) in [6.07, 6.45) is 8.24. The number of nitrogens with zero attached hydrogens (tertiary/aromatic N) is 3. The first-order valence-corrected chi connectivity index (χ1v) is 18.0. The second-order valence-corrected chi connectivity index (χ2v) is 15.3. The summed E-state index contributed by atoms with van der Waals surface area (Å²) >= 11 is 12.4. The van der Waals surface area contributed by atoms with Crippen molar-refractivity contribution in [2.45, 2.75) is 64.1 Å². The Balaban J connectivity index is 1.24. The molecule has 0 saturated heterocycles. The molecule has 254 valence electrons. The standard InChI is InChI=1S/C38H45Cl2N5O3/c39-31-7-1-24(16-32(31)40)22-42-33(18-36(41)48)29-4-8-35-34(17-29)43-37(28-2-5-30(6-3-28)44(9-11-46)10-12-47)45(35)23-38-19-25-13-26(20-38)15-27(14-25)21-38/h1-8,16-17,25-27,33,42,46-47H,9-15,18-23H2,(H2,41,48). The highest BCUT2D eigenvalue weighted by atomic mass is 35.5. The van der Waals surface area contributed by atoms with Crippen LogP contribution < -0.4 is 16.0 Å². The summed E-state index contributed by atoms with van der Waals surface area (Å²) in [7, 11) is 0. The molecule has 4 aromatic rings. The van der Waals surface area contributed by atoms with Gasteiger partial charge in [0.25, 0.3) is 0 Å². The van der Waals surface area contributed by atoms with Crippen LogP contribution >= 0.6 is 23.2 Å². The van der Waals surface area contributed by atoms with Gasteiger partial charge in [-0.25, -0.2) is 4.98 Å². The van der Waals surface area contributed by atoms with Gasteiger partial charge in [0.15, 0.2) is 0 Å². The third-order valence-electron chi connectivity index (χ3n) is 11.0. The Morgan fingerprint density at radius 1 is 0.938 bits per heavy atom. The van der Waals surface area contributed by atoms with Gasteiger partial charge in [-0.2, -0.15) is 0 Å². The number of halogens is 2. The number of imidazole rings is 1. The van der Waals surface area contributed by atoms with Crippen LogP contribution in [0.5, 0.6) is 0 Å². The quantitative estimate of drug-likeness (QED) is 0.117. The number of carbonyl (C=O) groups is 1. The summed E-state index contributed by atoms with van der Waals surface area (Å²) in [6.45, 7) is 2.39. The minimum Gasteiger partial charge on any atom is -0.395 e. The Hall–Kier alpha value is -3.14. The Labute approximate surface area is 292 Å². The number of fused-ring (bicyclic) bond motifs is 1. The van der Waals surface area contributed by atoms with Crippen molar-refractivity contribution >= 4 is 45.8 Å². The fraction of sp³-hybridized carbons (Fsp3) is 0.474. The van der Waals surface area contributed by atoms with E-state index in [-0.39, 0.29) is 31.6 Å². The van der Waals surface area contributed by atoms with Crippen LogP contribution in [-0.2, 0) is 17.9 Å². The van der Waals surface area contributed by atoms with Gasteiger partial charge >= 0.3 is 0 Å². The van der Waals surface area contributed by atoms with Crippen molar-refractivity contribution in [2.24, 2.45) is 28.9 Å². The normalized spacial score (nSPS) is 23.5. The molecule has 8 rings (SSSR count). The van der Waals surface area contributed by atoms with E-state index < -0.39 is 0 Å². The van der Waals surface area contributed by atoms with Crippen LogP contribution in [0.25, 0.3) is 22.4 Å². The molecule has 0 radical (unpaired) electrons. The Kier molecular flexibility index (Phi) is 9.73. The van der Waals surface area contributed by atoms with Crippen molar-refractivity contribution in [3.8, 4) is 11.4 Å². The molecule has 5 N–H and O–H groups in total. The van der Waals surface area contributed by atoms with Gasteiger partial charge in [0.05, 0.1) is 34.3 Å². The number of nitrogens with two attached hydrogens (primary N) is 1. The zero-order valence-corrected chi connectivity index (χ0v) is 28.8. The van der Waals surface area contributed by atoms with Crippen LogP contribution in [0.3, 0.4) is 0 Å². The van der Waals surface area contributed by atoms with Gasteiger partial charge in [-0.1, -0.05) is 35.3 Å². The molecule has 3 aromatic carbocycles. The zero-order valence-electron chi connectivity index (χ0n) is 27.3. The van der Waals surface area contributed by atoms with Crippen molar-refractivity contribution < 1.29 is 15.0 Å². The van der Waals surface area contributed by atoms with Gasteiger partial charge in [-0.05, 0) is 121 Å². The fourth-order valence-electron chi connectivity index (χ4n) is 9.40. The number of primary amides is 1. The lowest BCUT2D eigenvalue weighted by atomic mass is 9.49. The molecule has 0 spiro atoms. The smallest absolute Gasteiger partial charge is 0.219 e. The molecular formula is C38H45Cl2N5O3. The van der Waals surface area contributed by atoms with Crippen LogP contribution in [-0.4, -0.2) is 52.0 Å². The molecule has 1 heterocycles. The lowest BCUT2D eigenvalue weighted by Crippen LogP contribution is -2.47. The summed E-state index contributed by atoms with van der Waals surface area (Å²) in [5.74, 6) is 3.10. The number of amides is 1. The van der Waals surface area contributed by atoms with E-state index in [2.05, 4.69) is 52.3 Å². The number of nitrogens with one attached hydrogen (secondary N) is 1. The fourth-order valence-corrected chi connectivity index (χ4v) is 9.72. The second-order valence-electron chi connectivity index (χ2n) is 14.5. The molecule has 1 atom stereocenters. The lowest BCUT2D eigenvalue weighted by molar-refractivity contribution is -0.118. The van der Waals surface area contributed by atoms with Crippen LogP contribution in [0.2, 0.25) is 10.0 Å². The van der Waals surface area contributed by atoms with Crippen molar-refractivity contribution in [1.82, 2.24) is 14.9 Å². The summed E-state index contributed by atoms with van der Waals surface area (Å²) in [5.41, 5.74) is 11.9. The number of hydrogen-bond acceptors (Lipinski definition) is 6. The van der Waals surface area contributed by atoms with Gasteiger partial charge in [0, 0.05) is 49.9 Å². The number of anilines is 1. The number of aromatic nitrogens is 2. The van der Waals surface area contributed by atoms with Crippen LogP contribution in [0.15, 0.2) is 60.7 Å². The first-order valence-electron chi connectivity index (χ1n) is 17.3. The molecule has 48 heavy (non-hydrogen) atoms. The molecule has 1 unspecified atom stereocenters. The van der Waals surface area contributed by atoms with Gasteiger partial charge in [0.1, 0.15) is 5.82 Å². The second kappa shape index (κ2) is 14.0. The molecule has 0 aliphatic heterocycles. The van der Waals surface area contributed by atoms with E-state index >= 15 is 0 Å². The number of benzene rings is 3. The molecule has 1 amide bonds. The summed E-state index contributed by atoms with van der Waals surface area (Å²) < 4.78 is 2.45. The summed E-state index contributed by atoms with van der Waals surface area (Å²) in [5, 5.41) is 23.6. The van der Waals surface area contributed by atoms with E-state index in [1.807, 2.05) is 17.0 Å². The van der Waals surface area contributed by atoms with Crippen molar-refractivity contribution in [3.05, 3.63) is 81.8 Å². The molecule has 8 nitrogen and oxygen atoms in total. The van der Waals surface area contributed by atoms with Crippen molar-refractivity contribution in [2.75, 3.05) is 31.2 Å². The van der Waals surface area contributed by atoms with E-state index in [4.69, 9.17) is 33.9 Å². The maximum Gasteiger partial charge on any atom is 0.219 e. The Morgan fingerprint density at radius 2 is 1.60 bits per heavy atom. The minimum absolute atomic E-state index is 0.0179. The summed E-state index contributed by atoms with van der Waals surface area (Å²) in [6, 6.07) is 19.9. The lowest BCUT2D eigenvalue weighted by Gasteiger charge is -2.57. The van der Waals surface area contributed by atoms with Crippen LogP contribution in [0.4, 0.5) is 5.69 Å². The van der Waals surface area contributed by atoms with Gasteiger partial charge in [-0.15, -0.1) is 0 Å². The van der Waals surface area contributed by atoms with E-state index in [1.54, 1.807) is 6.07 Å². The number of aliphatic hydroxyl groups is 2. The van der Waals surface area contributed by atoms with Gasteiger partial charge in [0.2, 0.25) is 5.91 Å². The maximum atomic E-state index is 12.2. The first kappa shape index (κ1) is 33.4. The summed E-state index contributed by atoms with van der Waals surface area (Å²) in [4.78, 5) is 19.5. The Morgan fingerprint density at radius 3 is 2.21 bits per heavy atom. The molecule has 4 aliphatic carbocycles. The molecule has 10 heteroatoms. The monoisotopic (exact) mass is 689 g/mol. The zero-order chi connectivity index (χ0) is 33.4. The number of rotatable bonds is 14. The molecule has 1 aromatic heterocycles. The predicted molar refractivity (Wildman–Crippen MR) is 192 cm³/mol. The van der Waals surface area contributed by atoms with E-state index in [1.165, 1.54) is 38.5 Å². The number of hydrogen-bond donors (Lipinski definition) is 4. The highest BCUT2D eigenvalue weighted by molar-refractivity contribution is 6.42. The number of aliphatic hydroxyl groups excluding tert-OH is 2. The van der Waals surface area contributed by atoms with E-state index in [0.29, 0.717) is 35.1 Å². The third kappa shape index (κ3) is 6.96. The van der Waals surface area contributed by atoms with Gasteiger partial charge in [-0.3, -0.25) is 4.79 Å². The highest BCUT2D eigenvalue weighted by Gasteiger charge is 2.51. The average Bonchev–Trinajstić information content (AvgIpc) is 3.40. The Bertz CT molecular complexity index is 1730. The topological polar surface area (TPSA) is 117 Å². The largest absolute Gasteiger partial charge is 0.395 e. The molecule has 4 aliphatic rings. The predicted octanol–water partition coefficient (Wildman–Crippen LogP) is 6.72. The molecular weight excluding hydrogens is 645 g/mol. The van der Waals surface area contributed by atoms with Crippen molar-refractivity contribution in [3.63, 3.8) is 0 Å². The SMILES string of the molecule is NC(=O)CC(NCc1ccc(Cl)c(Cl)c1)c1ccc2c(c1)nc(-c1ccc(N(CCO)CCO)cc1)n2CC12CC3CC(CC(C3)C1)C2. The average molecular weight is 691 g/mol. The first-order chi connectivity index (χ1) is 23.2. The van der Waals surface area contributed by atoms with E-state index in [9.17, 15) is 15.0 Å². The molecule has 4 saturated carbocycles. The minimum atomic E-state index is -0.383. The molecule has 4 fully saturated rings. The van der Waals surface area contributed by atoms with Gasteiger partial charge < -0.3 is 30.7 Å². The third-order valence-corrected chi connectivity index (χ3v) is 11.7.